The molecule has 1 aliphatic heterocycles. The Morgan fingerprint density at radius 3 is 2.20 bits per heavy atom. The van der Waals surface area contributed by atoms with Crippen LogP contribution in [0.4, 0.5) is 0 Å². The van der Waals surface area contributed by atoms with Crippen molar-refractivity contribution in [2.75, 3.05) is 20.8 Å². The fourth-order valence-corrected chi connectivity index (χ4v) is 3.42. The quantitative estimate of drug-likeness (QED) is 0.675. The number of rotatable bonds is 8. The lowest BCUT2D eigenvalue weighted by molar-refractivity contribution is 0.0641. The number of ether oxygens (including phenoxy) is 2. The van der Waals surface area contributed by atoms with Gasteiger partial charge >= 0.3 is 0 Å². The summed E-state index contributed by atoms with van der Waals surface area (Å²) in [5, 5.41) is 2.89. The predicted octanol–water partition coefficient (Wildman–Crippen LogP) is 3.28. The second-order valence-electron chi connectivity index (χ2n) is 7.55. The summed E-state index contributed by atoms with van der Waals surface area (Å²) in [6, 6.07) is 9.93. The average Bonchev–Trinajstić information content (AvgIpc) is 2.97. The van der Waals surface area contributed by atoms with Gasteiger partial charge in [-0.2, -0.15) is 0 Å². The zero-order chi connectivity index (χ0) is 21.8. The number of nitrogens with one attached hydrogen (secondary N) is 1. The number of imide groups is 1. The van der Waals surface area contributed by atoms with E-state index in [2.05, 4.69) is 19.2 Å². The highest BCUT2D eigenvalue weighted by atomic mass is 16.5. The molecule has 0 atom stereocenters. The molecule has 0 fully saturated rings. The Balaban J connectivity index is 1.91. The first-order valence-corrected chi connectivity index (χ1v) is 9.85. The molecule has 1 aliphatic rings. The van der Waals surface area contributed by atoms with Crippen molar-refractivity contribution >= 4 is 17.7 Å². The minimum atomic E-state index is -0.372. The molecule has 0 spiro atoms. The summed E-state index contributed by atoms with van der Waals surface area (Å²) >= 11 is 0. The summed E-state index contributed by atoms with van der Waals surface area (Å²) < 4.78 is 10.9. The number of amides is 3. The molecule has 0 bridgehead atoms. The molecule has 3 rings (SSSR count). The van der Waals surface area contributed by atoms with E-state index >= 15 is 0 Å². The van der Waals surface area contributed by atoms with Crippen molar-refractivity contribution in [3.8, 4) is 11.5 Å². The number of benzene rings is 2. The predicted molar refractivity (Wildman–Crippen MR) is 112 cm³/mol. The highest BCUT2D eigenvalue weighted by Gasteiger charge is 2.36. The van der Waals surface area contributed by atoms with Crippen LogP contribution in [0.5, 0.6) is 11.5 Å². The Bertz CT molecular complexity index is 949. The number of carbonyl (C=O) groups is 3. The molecule has 2 aromatic carbocycles. The number of methoxy groups -OCH3 is 2. The van der Waals surface area contributed by atoms with Crippen molar-refractivity contribution in [2.24, 2.45) is 5.92 Å². The van der Waals surface area contributed by atoms with Crippen LogP contribution in [0.15, 0.2) is 36.4 Å². The topological polar surface area (TPSA) is 84.9 Å². The van der Waals surface area contributed by atoms with Crippen LogP contribution in [-0.2, 0) is 6.54 Å². The van der Waals surface area contributed by atoms with Gasteiger partial charge in [0.05, 0.1) is 31.9 Å². The Labute approximate surface area is 176 Å². The third-order valence-electron chi connectivity index (χ3n) is 5.03. The van der Waals surface area contributed by atoms with E-state index in [-0.39, 0.29) is 24.3 Å². The fraction of sp³-hybridized carbons (Fsp3) is 0.348. The first-order chi connectivity index (χ1) is 14.4. The summed E-state index contributed by atoms with van der Waals surface area (Å²) in [6.45, 7) is 4.70. The smallest absolute Gasteiger partial charge is 0.261 e. The van der Waals surface area contributed by atoms with Crippen LogP contribution in [0, 0.1) is 5.92 Å². The van der Waals surface area contributed by atoms with Crippen LogP contribution < -0.4 is 14.8 Å². The second kappa shape index (κ2) is 8.98. The Hall–Kier alpha value is -3.35. The van der Waals surface area contributed by atoms with Gasteiger partial charge in [0.1, 0.15) is 0 Å². The molecular weight excluding hydrogens is 384 g/mol. The van der Waals surface area contributed by atoms with Gasteiger partial charge in [-0.1, -0.05) is 26.0 Å². The minimum Gasteiger partial charge on any atom is -0.493 e. The number of hydrogen-bond donors (Lipinski definition) is 1. The van der Waals surface area contributed by atoms with Crippen LogP contribution in [0.2, 0.25) is 0 Å². The fourth-order valence-electron chi connectivity index (χ4n) is 3.42. The lowest BCUT2D eigenvalue weighted by Crippen LogP contribution is -2.30. The van der Waals surface area contributed by atoms with Crippen LogP contribution in [0.25, 0.3) is 0 Å². The van der Waals surface area contributed by atoms with E-state index in [0.29, 0.717) is 46.2 Å². The van der Waals surface area contributed by atoms with E-state index < -0.39 is 0 Å². The lowest BCUT2D eigenvalue weighted by atomic mass is 10.1. The zero-order valence-electron chi connectivity index (χ0n) is 17.7. The number of nitrogens with zero attached hydrogens (tertiary/aromatic N) is 1. The largest absolute Gasteiger partial charge is 0.493 e. The monoisotopic (exact) mass is 410 g/mol. The highest BCUT2D eigenvalue weighted by molar-refractivity contribution is 6.21. The van der Waals surface area contributed by atoms with Crippen LogP contribution in [0.1, 0.15) is 56.9 Å². The summed E-state index contributed by atoms with van der Waals surface area (Å²) in [6.07, 6.45) is 0.862. The van der Waals surface area contributed by atoms with E-state index in [4.69, 9.17) is 9.47 Å². The SMILES string of the molecule is COc1cc(C(=O)NCCC(C)C)cc(CN2C(=O)c3ccccc3C2=O)c1OC. The van der Waals surface area contributed by atoms with E-state index in [1.54, 1.807) is 36.4 Å². The molecule has 0 saturated carbocycles. The van der Waals surface area contributed by atoms with Crippen LogP contribution in [0.3, 0.4) is 0 Å². The van der Waals surface area contributed by atoms with Gasteiger partial charge in [0.25, 0.3) is 17.7 Å². The van der Waals surface area contributed by atoms with E-state index in [1.807, 2.05) is 0 Å². The second-order valence-corrected chi connectivity index (χ2v) is 7.55. The number of fused-ring (bicyclic) bond motifs is 1. The third kappa shape index (κ3) is 4.15. The van der Waals surface area contributed by atoms with Gasteiger partial charge in [-0.25, -0.2) is 0 Å². The first kappa shape index (κ1) is 21.4. The summed E-state index contributed by atoms with van der Waals surface area (Å²) in [5.41, 5.74) is 1.63. The molecular formula is C23H26N2O5. The van der Waals surface area contributed by atoms with Crippen molar-refractivity contribution in [3.05, 3.63) is 58.7 Å². The van der Waals surface area contributed by atoms with Gasteiger partial charge < -0.3 is 14.8 Å². The van der Waals surface area contributed by atoms with Crippen molar-refractivity contribution in [1.82, 2.24) is 10.2 Å². The molecule has 7 nitrogen and oxygen atoms in total. The molecule has 0 aliphatic carbocycles. The third-order valence-corrected chi connectivity index (χ3v) is 5.03. The maximum Gasteiger partial charge on any atom is 0.261 e. The summed E-state index contributed by atoms with van der Waals surface area (Å²) in [7, 11) is 2.95. The molecule has 0 aromatic heterocycles. The Morgan fingerprint density at radius 2 is 1.67 bits per heavy atom. The Morgan fingerprint density at radius 1 is 1.03 bits per heavy atom. The molecule has 158 valence electrons. The molecule has 7 heteroatoms. The van der Waals surface area contributed by atoms with Crippen LogP contribution >= 0.6 is 0 Å². The van der Waals surface area contributed by atoms with Gasteiger partial charge in [-0.15, -0.1) is 0 Å². The maximum absolute atomic E-state index is 12.7. The first-order valence-electron chi connectivity index (χ1n) is 9.85. The maximum atomic E-state index is 12.7. The molecule has 2 aromatic rings. The van der Waals surface area contributed by atoms with Crippen molar-refractivity contribution in [2.45, 2.75) is 26.8 Å². The standard InChI is InChI=1S/C23H26N2O5/c1-14(2)9-10-24-21(26)15-11-16(20(30-4)19(12-15)29-3)13-25-22(27)17-7-5-6-8-18(17)23(25)28/h5-8,11-12,14H,9-10,13H2,1-4H3,(H,24,26). The minimum absolute atomic E-state index is 0.0288. The van der Waals surface area contributed by atoms with Gasteiger partial charge in [-0.05, 0) is 36.6 Å². The molecule has 3 amide bonds. The number of carbonyl (C=O) groups excluding carboxylic acids is 3. The van der Waals surface area contributed by atoms with Crippen molar-refractivity contribution in [3.63, 3.8) is 0 Å². The Kier molecular flexibility index (Phi) is 6.40. The normalized spacial score (nSPS) is 12.9. The summed E-state index contributed by atoms with van der Waals surface area (Å²) in [4.78, 5) is 39.3. The van der Waals surface area contributed by atoms with E-state index in [9.17, 15) is 14.4 Å². The van der Waals surface area contributed by atoms with Gasteiger partial charge in [0.2, 0.25) is 0 Å². The number of hydrogen-bond acceptors (Lipinski definition) is 5. The molecule has 1 N–H and O–H groups in total. The average molecular weight is 410 g/mol. The van der Waals surface area contributed by atoms with Crippen LogP contribution in [-0.4, -0.2) is 43.4 Å². The van der Waals surface area contributed by atoms with Crippen molar-refractivity contribution < 1.29 is 23.9 Å². The van der Waals surface area contributed by atoms with Gasteiger partial charge in [0, 0.05) is 17.7 Å². The molecule has 0 radical (unpaired) electrons. The van der Waals surface area contributed by atoms with Gasteiger partial charge in [-0.3, -0.25) is 19.3 Å². The molecule has 0 unspecified atom stereocenters. The van der Waals surface area contributed by atoms with E-state index in [1.165, 1.54) is 14.2 Å². The molecule has 1 heterocycles. The van der Waals surface area contributed by atoms with Gasteiger partial charge in [0.15, 0.2) is 11.5 Å². The zero-order valence-corrected chi connectivity index (χ0v) is 17.7. The molecule has 0 saturated heterocycles. The van der Waals surface area contributed by atoms with Crippen molar-refractivity contribution in [1.29, 1.82) is 0 Å². The lowest BCUT2D eigenvalue weighted by Gasteiger charge is -2.19. The highest BCUT2D eigenvalue weighted by Crippen LogP contribution is 2.35. The van der Waals surface area contributed by atoms with E-state index in [0.717, 1.165) is 11.3 Å². The summed E-state index contributed by atoms with van der Waals surface area (Å²) in [5.74, 6) is 0.223. The molecule has 30 heavy (non-hydrogen) atoms.